The van der Waals surface area contributed by atoms with Crippen LogP contribution in [-0.2, 0) is 0 Å². The first-order valence-corrected chi connectivity index (χ1v) is 5.16. The lowest BCUT2D eigenvalue weighted by molar-refractivity contribution is 0.813. The van der Waals surface area contributed by atoms with Gasteiger partial charge in [-0.05, 0) is 31.4 Å². The molecule has 14 heavy (non-hydrogen) atoms. The minimum atomic E-state index is 0.496. The third kappa shape index (κ3) is 2.15. The van der Waals surface area contributed by atoms with Crippen molar-refractivity contribution in [2.45, 2.75) is 27.2 Å². The van der Waals surface area contributed by atoms with Crippen LogP contribution in [0.3, 0.4) is 0 Å². The average molecular weight is 214 g/mol. The fourth-order valence-corrected chi connectivity index (χ4v) is 1.55. The number of hydrogen-bond donors (Lipinski definition) is 0. The average Bonchev–Trinajstić information content (AvgIpc) is 2.15. The van der Waals surface area contributed by atoms with Crippen LogP contribution in [0.25, 0.3) is 0 Å². The van der Waals surface area contributed by atoms with Gasteiger partial charge >= 0.3 is 0 Å². The molecular formula is C10H16ClN3. The number of anilines is 1. The smallest absolute Gasteiger partial charge is 0.155 e. The second kappa shape index (κ2) is 4.60. The molecule has 0 fully saturated rings. The van der Waals surface area contributed by atoms with E-state index in [1.165, 1.54) is 0 Å². The van der Waals surface area contributed by atoms with Gasteiger partial charge in [-0.15, -0.1) is 10.2 Å². The SMILES string of the molecule is CCCN(C)c1nnc(Cl)c(C)c1C. The monoisotopic (exact) mass is 213 g/mol. The molecule has 1 aromatic rings. The molecular weight excluding hydrogens is 198 g/mol. The summed E-state index contributed by atoms with van der Waals surface area (Å²) in [6.45, 7) is 7.12. The molecule has 0 aliphatic heterocycles. The summed E-state index contributed by atoms with van der Waals surface area (Å²) in [5.41, 5.74) is 2.13. The highest BCUT2D eigenvalue weighted by Gasteiger charge is 2.10. The van der Waals surface area contributed by atoms with E-state index in [9.17, 15) is 0 Å². The molecule has 0 aliphatic rings. The van der Waals surface area contributed by atoms with Gasteiger partial charge in [0.05, 0.1) is 0 Å². The molecule has 0 saturated heterocycles. The van der Waals surface area contributed by atoms with E-state index in [1.807, 2.05) is 20.9 Å². The maximum Gasteiger partial charge on any atom is 0.155 e. The predicted molar refractivity (Wildman–Crippen MR) is 60.1 cm³/mol. The molecule has 0 amide bonds. The summed E-state index contributed by atoms with van der Waals surface area (Å²) in [6.07, 6.45) is 1.10. The second-order valence-electron chi connectivity index (χ2n) is 3.49. The van der Waals surface area contributed by atoms with Crippen molar-refractivity contribution in [2.24, 2.45) is 0 Å². The van der Waals surface area contributed by atoms with Gasteiger partial charge in [-0.1, -0.05) is 18.5 Å². The summed E-state index contributed by atoms with van der Waals surface area (Å²) in [7, 11) is 2.02. The van der Waals surface area contributed by atoms with Gasteiger partial charge < -0.3 is 4.90 Å². The van der Waals surface area contributed by atoms with Crippen LogP contribution in [0.1, 0.15) is 24.5 Å². The first-order valence-electron chi connectivity index (χ1n) is 4.78. The Hall–Kier alpha value is -0.830. The van der Waals surface area contributed by atoms with Gasteiger partial charge in [0.1, 0.15) is 0 Å². The highest BCUT2D eigenvalue weighted by molar-refractivity contribution is 6.30. The Morgan fingerprint density at radius 3 is 2.43 bits per heavy atom. The van der Waals surface area contributed by atoms with Crippen molar-refractivity contribution in [3.8, 4) is 0 Å². The molecule has 0 bridgehead atoms. The standard InChI is InChI=1S/C10H16ClN3/c1-5-6-14(4)10-8(3)7(2)9(11)12-13-10/h5-6H2,1-4H3. The second-order valence-corrected chi connectivity index (χ2v) is 3.84. The number of nitrogens with zero attached hydrogens (tertiary/aromatic N) is 3. The summed E-state index contributed by atoms with van der Waals surface area (Å²) in [5.74, 6) is 0.925. The maximum absolute atomic E-state index is 5.88. The molecule has 1 aromatic heterocycles. The molecule has 0 atom stereocenters. The molecule has 1 rings (SSSR count). The van der Waals surface area contributed by atoms with Crippen LogP contribution in [0.5, 0.6) is 0 Å². The quantitative estimate of drug-likeness (QED) is 0.773. The van der Waals surface area contributed by atoms with E-state index in [-0.39, 0.29) is 0 Å². The molecule has 3 nitrogen and oxygen atoms in total. The molecule has 1 heterocycles. The summed E-state index contributed by atoms with van der Waals surface area (Å²) < 4.78 is 0. The van der Waals surface area contributed by atoms with Crippen LogP contribution in [-0.4, -0.2) is 23.8 Å². The molecule has 0 saturated carbocycles. The molecule has 0 N–H and O–H groups in total. The minimum absolute atomic E-state index is 0.496. The molecule has 78 valence electrons. The number of rotatable bonds is 3. The van der Waals surface area contributed by atoms with Crippen LogP contribution >= 0.6 is 11.6 Å². The maximum atomic E-state index is 5.88. The van der Waals surface area contributed by atoms with Crippen LogP contribution in [0.15, 0.2) is 0 Å². The van der Waals surface area contributed by atoms with Crippen LogP contribution in [0.2, 0.25) is 5.15 Å². The Morgan fingerprint density at radius 1 is 1.21 bits per heavy atom. The molecule has 0 unspecified atom stereocenters. The fourth-order valence-electron chi connectivity index (χ4n) is 1.37. The zero-order valence-electron chi connectivity index (χ0n) is 9.13. The van der Waals surface area contributed by atoms with Gasteiger partial charge in [0.2, 0.25) is 0 Å². The summed E-state index contributed by atoms with van der Waals surface area (Å²) >= 11 is 5.88. The third-order valence-electron chi connectivity index (χ3n) is 2.36. The molecule has 0 aliphatic carbocycles. The van der Waals surface area contributed by atoms with Gasteiger partial charge in [0.15, 0.2) is 11.0 Å². The van der Waals surface area contributed by atoms with Crippen LogP contribution < -0.4 is 4.90 Å². The van der Waals surface area contributed by atoms with Gasteiger partial charge in [-0.2, -0.15) is 0 Å². The van der Waals surface area contributed by atoms with Gasteiger partial charge in [0, 0.05) is 13.6 Å². The van der Waals surface area contributed by atoms with Crippen molar-refractivity contribution in [3.05, 3.63) is 16.3 Å². The van der Waals surface area contributed by atoms with Crippen molar-refractivity contribution in [3.63, 3.8) is 0 Å². The van der Waals surface area contributed by atoms with Crippen molar-refractivity contribution < 1.29 is 0 Å². The van der Waals surface area contributed by atoms with E-state index in [0.717, 1.165) is 29.9 Å². The van der Waals surface area contributed by atoms with E-state index < -0.39 is 0 Å². The van der Waals surface area contributed by atoms with Crippen molar-refractivity contribution >= 4 is 17.4 Å². The Bertz CT molecular complexity index is 325. The Kier molecular flexibility index (Phi) is 3.69. The van der Waals surface area contributed by atoms with E-state index >= 15 is 0 Å². The molecule has 0 aromatic carbocycles. The summed E-state index contributed by atoms with van der Waals surface area (Å²) in [4.78, 5) is 2.10. The highest BCUT2D eigenvalue weighted by Crippen LogP contribution is 2.22. The molecule has 0 radical (unpaired) electrons. The summed E-state index contributed by atoms with van der Waals surface area (Å²) in [5, 5.41) is 8.51. The van der Waals surface area contributed by atoms with Crippen molar-refractivity contribution in [1.82, 2.24) is 10.2 Å². The van der Waals surface area contributed by atoms with Crippen LogP contribution in [0.4, 0.5) is 5.82 Å². The largest absolute Gasteiger partial charge is 0.358 e. The fraction of sp³-hybridized carbons (Fsp3) is 0.600. The lowest BCUT2D eigenvalue weighted by atomic mass is 10.2. The lowest BCUT2D eigenvalue weighted by Gasteiger charge is -2.19. The molecule has 0 spiro atoms. The zero-order valence-corrected chi connectivity index (χ0v) is 9.89. The number of halogens is 1. The van der Waals surface area contributed by atoms with E-state index in [1.54, 1.807) is 0 Å². The van der Waals surface area contributed by atoms with E-state index in [0.29, 0.717) is 5.15 Å². The first kappa shape index (κ1) is 11.2. The Balaban J connectivity index is 3.04. The van der Waals surface area contributed by atoms with Crippen molar-refractivity contribution in [2.75, 3.05) is 18.5 Å². The minimum Gasteiger partial charge on any atom is -0.358 e. The van der Waals surface area contributed by atoms with E-state index in [4.69, 9.17) is 11.6 Å². The Labute approximate surface area is 90.1 Å². The third-order valence-corrected chi connectivity index (χ3v) is 2.72. The first-order chi connectivity index (χ1) is 6.57. The van der Waals surface area contributed by atoms with E-state index in [2.05, 4.69) is 22.0 Å². The number of hydrogen-bond acceptors (Lipinski definition) is 3. The zero-order chi connectivity index (χ0) is 10.7. The lowest BCUT2D eigenvalue weighted by Crippen LogP contribution is -2.21. The normalized spacial score (nSPS) is 10.4. The topological polar surface area (TPSA) is 29.0 Å². The predicted octanol–water partition coefficient (Wildman–Crippen LogP) is 2.59. The van der Waals surface area contributed by atoms with Crippen molar-refractivity contribution in [1.29, 1.82) is 0 Å². The molecule has 4 heteroatoms. The number of aromatic nitrogens is 2. The summed E-state index contributed by atoms with van der Waals surface area (Å²) in [6, 6.07) is 0. The van der Waals surface area contributed by atoms with Gasteiger partial charge in [0.25, 0.3) is 0 Å². The van der Waals surface area contributed by atoms with Gasteiger partial charge in [-0.25, -0.2) is 0 Å². The van der Waals surface area contributed by atoms with Crippen LogP contribution in [0, 0.1) is 13.8 Å². The van der Waals surface area contributed by atoms with Gasteiger partial charge in [-0.3, -0.25) is 0 Å². The highest BCUT2D eigenvalue weighted by atomic mass is 35.5. The Morgan fingerprint density at radius 2 is 1.86 bits per heavy atom.